The molecule has 4 aromatic rings. The number of hydrogen-bond acceptors (Lipinski definition) is 4. The summed E-state index contributed by atoms with van der Waals surface area (Å²) in [5.74, 6) is -0.388. The van der Waals surface area contributed by atoms with Crippen LogP contribution in [0.4, 0.5) is 0 Å². The summed E-state index contributed by atoms with van der Waals surface area (Å²) in [4.78, 5) is 11.9. The van der Waals surface area contributed by atoms with Crippen LogP contribution < -0.4 is 5.32 Å². The number of benzene rings is 3. The number of aromatic nitrogens is 3. The quantitative estimate of drug-likeness (QED) is 0.413. The summed E-state index contributed by atoms with van der Waals surface area (Å²) < 4.78 is 1.64. The number of carboxylic acid groups (broad SMARTS) is 1. The Kier molecular flexibility index (Phi) is 6.23. The third-order valence-electron chi connectivity index (χ3n) is 6.64. The van der Waals surface area contributed by atoms with Gasteiger partial charge in [-0.25, -0.2) is 9.48 Å². The number of aryl methyl sites for hydroxylation is 1. The first-order valence-corrected chi connectivity index (χ1v) is 11.8. The van der Waals surface area contributed by atoms with Gasteiger partial charge in [0.15, 0.2) is 0 Å². The summed E-state index contributed by atoms with van der Waals surface area (Å²) in [6.07, 6.45) is 5.12. The van der Waals surface area contributed by atoms with Gasteiger partial charge >= 0.3 is 5.97 Å². The van der Waals surface area contributed by atoms with E-state index < -0.39 is 5.97 Å². The molecule has 1 aliphatic heterocycles. The van der Waals surface area contributed by atoms with Gasteiger partial charge in [0.25, 0.3) is 0 Å². The van der Waals surface area contributed by atoms with Gasteiger partial charge < -0.3 is 10.4 Å². The maximum absolute atomic E-state index is 11.9. The van der Waals surface area contributed by atoms with E-state index in [-0.39, 0.29) is 5.56 Å². The van der Waals surface area contributed by atoms with Gasteiger partial charge in [0.2, 0.25) is 0 Å². The van der Waals surface area contributed by atoms with Crippen LogP contribution >= 0.6 is 0 Å². The molecule has 0 spiro atoms. The van der Waals surface area contributed by atoms with E-state index in [0.29, 0.717) is 11.6 Å². The van der Waals surface area contributed by atoms with Crippen LogP contribution in [0.15, 0.2) is 72.9 Å². The fourth-order valence-corrected chi connectivity index (χ4v) is 4.57. The van der Waals surface area contributed by atoms with Crippen LogP contribution in [0.2, 0.25) is 0 Å². The van der Waals surface area contributed by atoms with Crippen LogP contribution in [0.1, 0.15) is 47.2 Å². The molecule has 1 aliphatic rings. The van der Waals surface area contributed by atoms with Gasteiger partial charge in [0.05, 0.1) is 17.4 Å². The molecule has 6 heteroatoms. The summed E-state index contributed by atoms with van der Waals surface area (Å²) >= 11 is 0. The Balaban J connectivity index is 1.46. The molecule has 2 heterocycles. The van der Waals surface area contributed by atoms with Crippen LogP contribution in [-0.2, 0) is 6.42 Å². The zero-order valence-electron chi connectivity index (χ0n) is 19.2. The molecular weight excluding hydrogens is 424 g/mol. The lowest BCUT2D eigenvalue weighted by atomic mass is 9.89. The van der Waals surface area contributed by atoms with E-state index in [4.69, 9.17) is 0 Å². The van der Waals surface area contributed by atoms with Crippen molar-refractivity contribution in [2.75, 3.05) is 13.1 Å². The minimum atomic E-state index is -0.968. The number of hydrogen-bond donors (Lipinski definition) is 2. The molecule has 0 radical (unpaired) electrons. The molecule has 3 aromatic carbocycles. The lowest BCUT2D eigenvalue weighted by Gasteiger charge is -2.23. The third kappa shape index (κ3) is 4.63. The Morgan fingerprint density at radius 3 is 2.35 bits per heavy atom. The fraction of sp³-hybridized carbons (Fsp3) is 0.250. The van der Waals surface area contributed by atoms with Crippen molar-refractivity contribution in [1.29, 1.82) is 0 Å². The van der Waals surface area contributed by atoms with E-state index in [1.807, 2.05) is 24.4 Å². The maximum atomic E-state index is 11.9. The number of carboxylic acids is 1. The van der Waals surface area contributed by atoms with Crippen LogP contribution in [0.3, 0.4) is 0 Å². The van der Waals surface area contributed by atoms with Crippen molar-refractivity contribution < 1.29 is 9.90 Å². The van der Waals surface area contributed by atoms with E-state index in [2.05, 4.69) is 59.0 Å². The summed E-state index contributed by atoms with van der Waals surface area (Å²) in [7, 11) is 0. The molecule has 6 nitrogen and oxygen atoms in total. The molecule has 0 saturated carbocycles. The Labute approximate surface area is 199 Å². The molecule has 1 saturated heterocycles. The van der Waals surface area contributed by atoms with E-state index in [9.17, 15) is 9.90 Å². The van der Waals surface area contributed by atoms with Gasteiger partial charge in [-0.1, -0.05) is 60.7 Å². The van der Waals surface area contributed by atoms with Crippen molar-refractivity contribution in [1.82, 2.24) is 20.3 Å². The molecule has 0 bridgehead atoms. The molecule has 1 aromatic heterocycles. The highest BCUT2D eigenvalue weighted by Gasteiger charge is 2.16. The van der Waals surface area contributed by atoms with Crippen LogP contribution in [0, 0.1) is 0 Å². The number of nitrogens with zero attached hydrogens (tertiary/aromatic N) is 3. The average Bonchev–Trinajstić information content (AvgIpc) is 3.39. The molecule has 1 fully saturated rings. The third-order valence-corrected chi connectivity index (χ3v) is 6.64. The summed E-state index contributed by atoms with van der Waals surface area (Å²) in [5, 5.41) is 21.7. The molecular formula is C28H28N4O2. The Bertz CT molecular complexity index is 1290. The highest BCUT2D eigenvalue weighted by Crippen LogP contribution is 2.30. The Hall–Kier alpha value is -3.77. The first-order valence-electron chi connectivity index (χ1n) is 11.8. The first-order chi connectivity index (χ1) is 16.6. The molecule has 0 amide bonds. The van der Waals surface area contributed by atoms with Crippen molar-refractivity contribution in [2.24, 2.45) is 0 Å². The molecule has 0 atom stereocenters. The summed E-state index contributed by atoms with van der Waals surface area (Å²) in [6, 6.07) is 22.1. The molecule has 2 N–H and O–H groups in total. The number of nitrogens with one attached hydrogen (secondary N) is 1. The fourth-order valence-electron chi connectivity index (χ4n) is 4.57. The van der Waals surface area contributed by atoms with E-state index in [1.165, 1.54) is 11.1 Å². The largest absolute Gasteiger partial charge is 0.478 e. The highest BCUT2D eigenvalue weighted by atomic mass is 16.4. The van der Waals surface area contributed by atoms with E-state index >= 15 is 0 Å². The standard InChI is InChI=1S/C28H28N4O2/c1-2-19-3-5-23(6-4-19)27-18-32(31-30-27)26-16-24(15-25(17-26)28(33)34)21-9-7-20(8-10-21)22-11-13-29-14-12-22/h3-10,15-18,22,29H,2,11-14H2,1H3,(H,33,34). The molecule has 5 rings (SSSR count). The number of piperidine rings is 1. The van der Waals surface area contributed by atoms with Gasteiger partial charge in [-0.15, -0.1) is 5.10 Å². The minimum Gasteiger partial charge on any atom is -0.478 e. The predicted octanol–water partition coefficient (Wildman–Crippen LogP) is 5.33. The monoisotopic (exact) mass is 452 g/mol. The van der Waals surface area contributed by atoms with E-state index in [0.717, 1.165) is 54.7 Å². The Morgan fingerprint density at radius 1 is 0.971 bits per heavy atom. The van der Waals surface area contributed by atoms with Crippen molar-refractivity contribution >= 4 is 5.97 Å². The van der Waals surface area contributed by atoms with Gasteiger partial charge in [0, 0.05) is 5.56 Å². The SMILES string of the molecule is CCc1ccc(-c2cn(-c3cc(C(=O)O)cc(-c4ccc(C5CCNCC5)cc4)c3)nn2)cc1. The number of aromatic carboxylic acids is 1. The smallest absolute Gasteiger partial charge is 0.335 e. The summed E-state index contributed by atoms with van der Waals surface area (Å²) in [5.41, 5.74) is 7.05. The zero-order chi connectivity index (χ0) is 23.5. The van der Waals surface area contributed by atoms with Crippen molar-refractivity contribution in [3.05, 3.63) is 89.6 Å². The van der Waals surface area contributed by atoms with Crippen LogP contribution in [0.25, 0.3) is 28.1 Å². The zero-order valence-corrected chi connectivity index (χ0v) is 19.2. The molecule has 34 heavy (non-hydrogen) atoms. The Morgan fingerprint density at radius 2 is 1.68 bits per heavy atom. The minimum absolute atomic E-state index is 0.222. The topological polar surface area (TPSA) is 80.0 Å². The number of carbonyl (C=O) groups is 1. The van der Waals surface area contributed by atoms with Crippen molar-refractivity contribution in [3.63, 3.8) is 0 Å². The first kappa shape index (κ1) is 22.0. The normalized spacial score (nSPS) is 14.3. The molecule has 172 valence electrons. The van der Waals surface area contributed by atoms with Crippen LogP contribution in [-0.4, -0.2) is 39.2 Å². The lowest BCUT2D eigenvalue weighted by Crippen LogP contribution is -2.26. The molecule has 0 unspecified atom stereocenters. The second kappa shape index (κ2) is 9.61. The van der Waals surface area contributed by atoms with Gasteiger partial charge in [-0.05, 0) is 78.7 Å². The summed E-state index contributed by atoms with van der Waals surface area (Å²) in [6.45, 7) is 4.23. The van der Waals surface area contributed by atoms with Crippen molar-refractivity contribution in [2.45, 2.75) is 32.1 Å². The highest BCUT2D eigenvalue weighted by molar-refractivity contribution is 5.90. The average molecular weight is 453 g/mol. The second-order valence-corrected chi connectivity index (χ2v) is 8.82. The van der Waals surface area contributed by atoms with Gasteiger partial charge in [-0.2, -0.15) is 0 Å². The van der Waals surface area contributed by atoms with Crippen molar-refractivity contribution in [3.8, 4) is 28.1 Å². The predicted molar refractivity (Wildman–Crippen MR) is 133 cm³/mol. The van der Waals surface area contributed by atoms with Crippen LogP contribution in [0.5, 0.6) is 0 Å². The molecule has 0 aliphatic carbocycles. The second-order valence-electron chi connectivity index (χ2n) is 8.82. The van der Waals surface area contributed by atoms with Gasteiger partial charge in [-0.3, -0.25) is 0 Å². The maximum Gasteiger partial charge on any atom is 0.335 e. The number of rotatable bonds is 6. The van der Waals surface area contributed by atoms with E-state index in [1.54, 1.807) is 16.8 Å². The van der Waals surface area contributed by atoms with Gasteiger partial charge in [0.1, 0.15) is 5.69 Å². The lowest BCUT2D eigenvalue weighted by molar-refractivity contribution is 0.0697.